The lowest BCUT2D eigenvalue weighted by Gasteiger charge is -2.23. The van der Waals surface area contributed by atoms with E-state index in [0.717, 1.165) is 30.9 Å². The van der Waals surface area contributed by atoms with Gasteiger partial charge < -0.3 is 9.88 Å². The summed E-state index contributed by atoms with van der Waals surface area (Å²) in [5, 5.41) is 0. The maximum absolute atomic E-state index is 5.15. The van der Waals surface area contributed by atoms with Crippen LogP contribution < -0.4 is 4.90 Å². The molecule has 0 aromatic carbocycles. The number of aromatic nitrogens is 3. The number of nitrogens with zero attached hydrogens (tertiary/aromatic N) is 3. The van der Waals surface area contributed by atoms with Crippen molar-refractivity contribution in [3.63, 3.8) is 0 Å². The molecule has 1 heterocycles. The second-order valence-corrected chi connectivity index (χ2v) is 7.99. The normalized spacial score (nSPS) is 11.4. The van der Waals surface area contributed by atoms with Crippen LogP contribution in [-0.2, 0) is 0 Å². The molecule has 1 aromatic heterocycles. The number of nitrogens with one attached hydrogen (secondary N) is 1. The summed E-state index contributed by atoms with van der Waals surface area (Å²) in [4.78, 5) is 13.9. The fourth-order valence-electron chi connectivity index (χ4n) is 2.84. The summed E-state index contributed by atoms with van der Waals surface area (Å²) in [6, 6.07) is 0. The zero-order chi connectivity index (χ0) is 17.8. The van der Waals surface area contributed by atoms with E-state index in [1.54, 1.807) is 6.33 Å². The fourth-order valence-corrected chi connectivity index (χ4v) is 2.98. The molecule has 24 heavy (non-hydrogen) atoms. The third-order valence-electron chi connectivity index (χ3n) is 4.29. The predicted molar refractivity (Wildman–Crippen MR) is 106 cm³/mol. The Kier molecular flexibility index (Phi) is 10.9. The van der Waals surface area contributed by atoms with E-state index in [2.05, 4.69) is 47.5 Å². The molecule has 0 aliphatic rings. The van der Waals surface area contributed by atoms with Crippen molar-refractivity contribution in [1.82, 2.24) is 15.0 Å². The van der Waals surface area contributed by atoms with Gasteiger partial charge in [0.05, 0.1) is 0 Å². The summed E-state index contributed by atoms with van der Waals surface area (Å²) in [6.07, 6.45) is 11.8. The molecular weight excluding hydrogens is 316 g/mol. The highest BCUT2D eigenvalue weighted by atomic mass is 32.1. The van der Waals surface area contributed by atoms with E-state index in [-0.39, 0.29) is 0 Å². The highest BCUT2D eigenvalue weighted by molar-refractivity contribution is 7.71. The number of unbranched alkanes of at least 4 members (excludes halogenated alkanes) is 4. The van der Waals surface area contributed by atoms with Gasteiger partial charge in [-0.2, -0.15) is 0 Å². The Morgan fingerprint density at radius 3 is 1.88 bits per heavy atom. The molecule has 0 bridgehead atoms. The van der Waals surface area contributed by atoms with Crippen LogP contribution in [0.15, 0.2) is 6.33 Å². The minimum atomic E-state index is 0.518. The van der Waals surface area contributed by atoms with Crippen molar-refractivity contribution in [3.8, 4) is 0 Å². The molecular formula is C19H36N4S. The van der Waals surface area contributed by atoms with Gasteiger partial charge in [0.15, 0.2) is 0 Å². The van der Waals surface area contributed by atoms with Crippen molar-refractivity contribution in [3.05, 3.63) is 11.1 Å². The van der Waals surface area contributed by atoms with Crippen LogP contribution in [0.2, 0.25) is 0 Å². The van der Waals surface area contributed by atoms with E-state index in [0.29, 0.717) is 4.77 Å². The van der Waals surface area contributed by atoms with Crippen LogP contribution >= 0.6 is 12.2 Å². The molecule has 4 nitrogen and oxygen atoms in total. The molecule has 0 saturated heterocycles. The van der Waals surface area contributed by atoms with Crippen molar-refractivity contribution in [1.29, 1.82) is 0 Å². The van der Waals surface area contributed by atoms with Gasteiger partial charge in [0.2, 0.25) is 10.7 Å². The van der Waals surface area contributed by atoms with Crippen LogP contribution in [0.4, 0.5) is 5.95 Å². The third kappa shape index (κ3) is 10.0. The minimum Gasteiger partial charge on any atom is -0.342 e. The number of hydrogen-bond donors (Lipinski definition) is 1. The maximum Gasteiger partial charge on any atom is 0.206 e. The minimum absolute atomic E-state index is 0.518. The van der Waals surface area contributed by atoms with Crippen molar-refractivity contribution in [2.75, 3.05) is 18.0 Å². The first-order valence-electron chi connectivity index (χ1n) is 9.65. The average Bonchev–Trinajstić information content (AvgIpc) is 2.51. The summed E-state index contributed by atoms with van der Waals surface area (Å²) in [6.45, 7) is 11.3. The first-order valence-corrected chi connectivity index (χ1v) is 10.1. The molecule has 0 atom stereocenters. The Morgan fingerprint density at radius 1 is 0.875 bits per heavy atom. The lowest BCUT2D eigenvalue weighted by molar-refractivity contribution is 0.512. The number of hydrogen-bond acceptors (Lipinski definition) is 4. The zero-order valence-corrected chi connectivity index (χ0v) is 16.9. The Balaban J connectivity index is 2.43. The molecule has 0 amide bonds. The van der Waals surface area contributed by atoms with E-state index in [4.69, 9.17) is 12.2 Å². The van der Waals surface area contributed by atoms with Gasteiger partial charge in [-0.1, -0.05) is 66.2 Å². The molecule has 0 aliphatic heterocycles. The molecule has 0 saturated carbocycles. The fraction of sp³-hybridized carbons (Fsp3) is 0.842. The first-order chi connectivity index (χ1) is 11.5. The van der Waals surface area contributed by atoms with Crippen LogP contribution in [0.5, 0.6) is 0 Å². The molecule has 5 heteroatoms. The lowest BCUT2D eigenvalue weighted by Crippen LogP contribution is -2.27. The number of aromatic amines is 1. The van der Waals surface area contributed by atoms with E-state index in [9.17, 15) is 0 Å². The molecule has 1 N–H and O–H groups in total. The first kappa shape index (κ1) is 21.1. The average molecular weight is 353 g/mol. The summed E-state index contributed by atoms with van der Waals surface area (Å²) in [5.74, 6) is 2.49. The summed E-state index contributed by atoms with van der Waals surface area (Å²) in [7, 11) is 0. The summed E-state index contributed by atoms with van der Waals surface area (Å²) < 4.78 is 0.518. The SMILES string of the molecule is CC(C)CCCCCN(CCCCCC(C)C)c1ncnc(=S)[nH]1. The van der Waals surface area contributed by atoms with Crippen molar-refractivity contribution in [2.24, 2.45) is 11.8 Å². The Morgan fingerprint density at radius 2 is 1.42 bits per heavy atom. The quantitative estimate of drug-likeness (QED) is 0.361. The predicted octanol–water partition coefficient (Wildman–Crippen LogP) is 5.77. The van der Waals surface area contributed by atoms with Gasteiger partial charge in [0.25, 0.3) is 0 Å². The summed E-state index contributed by atoms with van der Waals surface area (Å²) >= 11 is 5.15. The molecule has 0 unspecified atom stereocenters. The molecule has 0 aliphatic carbocycles. The highest BCUT2D eigenvalue weighted by Crippen LogP contribution is 2.14. The van der Waals surface area contributed by atoms with Crippen LogP contribution in [0.1, 0.15) is 79.1 Å². The molecule has 0 radical (unpaired) electrons. The second-order valence-electron chi connectivity index (χ2n) is 7.60. The van der Waals surface area contributed by atoms with Crippen molar-refractivity contribution < 1.29 is 0 Å². The van der Waals surface area contributed by atoms with E-state index < -0.39 is 0 Å². The molecule has 1 rings (SSSR count). The molecule has 0 spiro atoms. The third-order valence-corrected chi connectivity index (χ3v) is 4.50. The molecule has 138 valence electrons. The van der Waals surface area contributed by atoms with Crippen molar-refractivity contribution in [2.45, 2.75) is 79.1 Å². The van der Waals surface area contributed by atoms with Crippen molar-refractivity contribution >= 4 is 18.2 Å². The van der Waals surface area contributed by atoms with Gasteiger partial charge in [0.1, 0.15) is 6.33 Å². The summed E-state index contributed by atoms with van der Waals surface area (Å²) in [5.41, 5.74) is 0. The van der Waals surface area contributed by atoms with Gasteiger partial charge in [-0.25, -0.2) is 9.97 Å². The van der Waals surface area contributed by atoms with Gasteiger partial charge in [-0.05, 0) is 36.9 Å². The smallest absolute Gasteiger partial charge is 0.206 e. The Bertz CT molecular complexity index is 466. The standard InChI is InChI=1S/C19H36N4S/c1-16(2)11-7-5-9-13-23(14-10-6-8-12-17(3)4)18-20-15-21-19(24)22-18/h15-17H,5-14H2,1-4H3,(H,20,21,22,24). The second kappa shape index (κ2) is 12.4. The monoisotopic (exact) mass is 352 g/mol. The van der Waals surface area contributed by atoms with Gasteiger partial charge in [-0.15, -0.1) is 0 Å². The van der Waals surface area contributed by atoms with Crippen LogP contribution in [0.25, 0.3) is 0 Å². The van der Waals surface area contributed by atoms with E-state index in [1.165, 1.54) is 51.4 Å². The van der Waals surface area contributed by atoms with Crippen LogP contribution in [-0.4, -0.2) is 28.0 Å². The maximum atomic E-state index is 5.15. The molecule has 1 aromatic rings. The number of rotatable bonds is 13. The number of anilines is 1. The highest BCUT2D eigenvalue weighted by Gasteiger charge is 2.08. The van der Waals surface area contributed by atoms with Crippen LogP contribution in [0.3, 0.4) is 0 Å². The Labute approximate surface area is 153 Å². The Hall–Kier alpha value is -0.970. The topological polar surface area (TPSA) is 44.8 Å². The van der Waals surface area contributed by atoms with Gasteiger partial charge in [-0.3, -0.25) is 0 Å². The van der Waals surface area contributed by atoms with Gasteiger partial charge >= 0.3 is 0 Å². The largest absolute Gasteiger partial charge is 0.342 e. The van der Waals surface area contributed by atoms with E-state index in [1.807, 2.05) is 0 Å². The zero-order valence-electron chi connectivity index (χ0n) is 16.1. The van der Waals surface area contributed by atoms with Gasteiger partial charge in [0, 0.05) is 13.1 Å². The van der Waals surface area contributed by atoms with Crippen LogP contribution in [0, 0.1) is 16.6 Å². The van der Waals surface area contributed by atoms with E-state index >= 15 is 0 Å². The lowest BCUT2D eigenvalue weighted by atomic mass is 10.0. The number of H-pyrrole nitrogens is 1. The molecule has 0 fully saturated rings.